The molecule has 0 radical (unpaired) electrons. The summed E-state index contributed by atoms with van der Waals surface area (Å²) in [6, 6.07) is 5.34. The monoisotopic (exact) mass is 283 g/mol. The molecule has 0 spiro atoms. The van der Waals surface area contributed by atoms with Gasteiger partial charge in [-0.25, -0.2) is 0 Å². The van der Waals surface area contributed by atoms with Crippen molar-refractivity contribution in [1.82, 2.24) is 9.78 Å². The number of aryl methyl sites for hydroxylation is 1. The Hall–Kier alpha value is -1.98. The van der Waals surface area contributed by atoms with E-state index in [1.54, 1.807) is 16.9 Å². The molecule has 1 heterocycles. The molecule has 0 saturated heterocycles. The van der Waals surface area contributed by atoms with Gasteiger partial charge in [-0.05, 0) is 12.5 Å². The van der Waals surface area contributed by atoms with E-state index in [-0.39, 0.29) is 16.9 Å². The molecular weight excluding hydrogens is 267 g/mol. The second-order valence-corrected chi connectivity index (χ2v) is 4.59. The minimum atomic E-state index is -4.42. The quantitative estimate of drug-likeness (QED) is 0.923. The van der Waals surface area contributed by atoms with Crippen LogP contribution in [-0.4, -0.2) is 9.78 Å². The van der Waals surface area contributed by atoms with E-state index in [0.717, 1.165) is 18.9 Å². The Balaban J connectivity index is 2.44. The number of unbranched alkanes of at least 4 members (excludes halogenated alkanes) is 1. The van der Waals surface area contributed by atoms with E-state index in [1.165, 1.54) is 12.1 Å². The number of nitrogens with two attached hydrogens (primary N) is 1. The van der Waals surface area contributed by atoms with Crippen molar-refractivity contribution in [3.05, 3.63) is 36.0 Å². The highest BCUT2D eigenvalue weighted by atomic mass is 19.4. The first-order valence-corrected chi connectivity index (χ1v) is 6.43. The zero-order chi connectivity index (χ0) is 14.8. The molecule has 0 amide bonds. The number of aromatic nitrogens is 2. The molecule has 108 valence electrons. The van der Waals surface area contributed by atoms with Gasteiger partial charge in [-0.3, -0.25) is 4.68 Å². The highest BCUT2D eigenvalue weighted by molar-refractivity contribution is 5.75. The van der Waals surface area contributed by atoms with Gasteiger partial charge in [0.05, 0.1) is 11.3 Å². The number of hydrogen-bond acceptors (Lipinski definition) is 2. The Labute approximate surface area is 115 Å². The molecule has 0 bridgehead atoms. The fourth-order valence-corrected chi connectivity index (χ4v) is 2.02. The predicted molar refractivity (Wildman–Crippen MR) is 72.0 cm³/mol. The van der Waals surface area contributed by atoms with E-state index >= 15 is 0 Å². The van der Waals surface area contributed by atoms with Gasteiger partial charge in [0.2, 0.25) is 0 Å². The van der Waals surface area contributed by atoms with E-state index in [2.05, 4.69) is 5.10 Å². The lowest BCUT2D eigenvalue weighted by Crippen LogP contribution is -2.07. The third kappa shape index (κ3) is 2.95. The first-order valence-electron chi connectivity index (χ1n) is 6.43. The van der Waals surface area contributed by atoms with Crippen molar-refractivity contribution < 1.29 is 13.2 Å². The van der Waals surface area contributed by atoms with Crippen LogP contribution < -0.4 is 5.73 Å². The first kappa shape index (κ1) is 14.4. The number of anilines is 1. The summed E-state index contributed by atoms with van der Waals surface area (Å²) < 4.78 is 40.6. The fraction of sp³-hybridized carbons (Fsp3) is 0.357. The summed E-state index contributed by atoms with van der Waals surface area (Å²) in [7, 11) is 0. The topological polar surface area (TPSA) is 43.8 Å². The molecule has 0 fully saturated rings. The van der Waals surface area contributed by atoms with E-state index in [0.29, 0.717) is 6.54 Å². The molecule has 0 aliphatic heterocycles. The average molecular weight is 283 g/mol. The molecule has 1 aromatic carbocycles. The van der Waals surface area contributed by atoms with Crippen LogP contribution in [0.4, 0.5) is 18.9 Å². The fourth-order valence-electron chi connectivity index (χ4n) is 2.02. The lowest BCUT2D eigenvalue weighted by Gasteiger charge is -2.11. The van der Waals surface area contributed by atoms with Crippen LogP contribution in [0, 0.1) is 0 Å². The Morgan fingerprint density at radius 1 is 1.25 bits per heavy atom. The number of alkyl halides is 3. The number of hydrogen-bond donors (Lipinski definition) is 1. The maximum Gasteiger partial charge on any atom is 0.417 e. The summed E-state index contributed by atoms with van der Waals surface area (Å²) >= 11 is 0. The molecular formula is C14H16F3N3. The van der Waals surface area contributed by atoms with Gasteiger partial charge in [-0.2, -0.15) is 18.3 Å². The van der Waals surface area contributed by atoms with Gasteiger partial charge in [0, 0.05) is 18.3 Å². The molecule has 0 aliphatic carbocycles. The van der Waals surface area contributed by atoms with E-state index < -0.39 is 11.7 Å². The maximum atomic E-state index is 13.0. The van der Waals surface area contributed by atoms with E-state index in [1.807, 2.05) is 6.92 Å². The second-order valence-electron chi connectivity index (χ2n) is 4.59. The van der Waals surface area contributed by atoms with Gasteiger partial charge in [-0.15, -0.1) is 0 Å². The first-order chi connectivity index (χ1) is 9.43. The molecule has 0 aliphatic rings. The van der Waals surface area contributed by atoms with Crippen molar-refractivity contribution in [3.8, 4) is 11.3 Å². The zero-order valence-electron chi connectivity index (χ0n) is 11.1. The Morgan fingerprint density at radius 2 is 1.95 bits per heavy atom. The molecule has 20 heavy (non-hydrogen) atoms. The van der Waals surface area contributed by atoms with Crippen LogP contribution in [0.1, 0.15) is 25.3 Å². The van der Waals surface area contributed by atoms with Gasteiger partial charge in [0.1, 0.15) is 5.69 Å². The molecule has 0 atom stereocenters. The molecule has 1 aromatic heterocycles. The average Bonchev–Trinajstić information content (AvgIpc) is 2.76. The Bertz CT molecular complexity index is 588. The standard InChI is InChI=1S/C14H16F3N3/c1-2-3-8-20-9-12(18)13(19-20)10-6-4-5-7-11(10)14(15,16)17/h4-7,9H,2-3,8,18H2,1H3. The summed E-state index contributed by atoms with van der Waals surface area (Å²) in [5.74, 6) is 0. The number of nitrogens with zero attached hydrogens (tertiary/aromatic N) is 2. The van der Waals surface area contributed by atoms with E-state index in [9.17, 15) is 13.2 Å². The molecule has 2 aromatic rings. The van der Waals surface area contributed by atoms with Gasteiger partial charge < -0.3 is 5.73 Å². The van der Waals surface area contributed by atoms with Crippen molar-refractivity contribution in [2.75, 3.05) is 5.73 Å². The third-order valence-corrected chi connectivity index (χ3v) is 3.02. The minimum absolute atomic E-state index is 0.0211. The van der Waals surface area contributed by atoms with Gasteiger partial charge in [0.25, 0.3) is 0 Å². The summed E-state index contributed by atoms with van der Waals surface area (Å²) in [4.78, 5) is 0. The smallest absolute Gasteiger partial charge is 0.396 e. The Morgan fingerprint density at radius 3 is 2.60 bits per heavy atom. The predicted octanol–water partition coefficient (Wildman–Crippen LogP) is 3.95. The van der Waals surface area contributed by atoms with Crippen molar-refractivity contribution in [1.29, 1.82) is 0 Å². The number of halogens is 3. The molecule has 3 nitrogen and oxygen atoms in total. The van der Waals surface area contributed by atoms with Crippen molar-refractivity contribution in [2.45, 2.75) is 32.5 Å². The van der Waals surface area contributed by atoms with Crippen LogP contribution in [0.2, 0.25) is 0 Å². The number of nitrogen functional groups attached to an aromatic ring is 1. The zero-order valence-corrected chi connectivity index (χ0v) is 11.1. The second kappa shape index (κ2) is 5.56. The maximum absolute atomic E-state index is 13.0. The molecule has 2 rings (SSSR count). The molecule has 0 saturated carbocycles. The van der Waals surface area contributed by atoms with Crippen molar-refractivity contribution >= 4 is 5.69 Å². The van der Waals surface area contributed by atoms with Crippen LogP contribution in [0.5, 0.6) is 0 Å². The van der Waals surface area contributed by atoms with Crippen LogP contribution >= 0.6 is 0 Å². The summed E-state index contributed by atoms with van der Waals surface area (Å²) in [5, 5.41) is 4.18. The van der Waals surface area contributed by atoms with Crippen LogP contribution in [0.15, 0.2) is 30.5 Å². The third-order valence-electron chi connectivity index (χ3n) is 3.02. The lowest BCUT2D eigenvalue weighted by molar-refractivity contribution is -0.137. The highest BCUT2D eigenvalue weighted by Gasteiger charge is 2.34. The molecule has 2 N–H and O–H groups in total. The number of benzene rings is 1. The Kier molecular flexibility index (Phi) is 4.01. The lowest BCUT2D eigenvalue weighted by atomic mass is 10.0. The van der Waals surface area contributed by atoms with Crippen molar-refractivity contribution in [2.24, 2.45) is 0 Å². The van der Waals surface area contributed by atoms with Crippen LogP contribution in [0.25, 0.3) is 11.3 Å². The largest absolute Gasteiger partial charge is 0.417 e. The number of rotatable bonds is 4. The normalized spacial score (nSPS) is 11.8. The summed E-state index contributed by atoms with van der Waals surface area (Å²) in [6.07, 6.45) is -0.954. The van der Waals surface area contributed by atoms with Crippen molar-refractivity contribution in [3.63, 3.8) is 0 Å². The van der Waals surface area contributed by atoms with Gasteiger partial charge in [-0.1, -0.05) is 31.5 Å². The summed E-state index contributed by atoms with van der Waals surface area (Å²) in [6.45, 7) is 2.68. The molecule has 0 unspecified atom stereocenters. The van der Waals surface area contributed by atoms with Crippen LogP contribution in [-0.2, 0) is 12.7 Å². The van der Waals surface area contributed by atoms with Gasteiger partial charge in [0.15, 0.2) is 0 Å². The van der Waals surface area contributed by atoms with Gasteiger partial charge >= 0.3 is 6.18 Å². The molecule has 6 heteroatoms. The summed E-state index contributed by atoms with van der Waals surface area (Å²) in [5.41, 5.74) is 5.56. The SMILES string of the molecule is CCCCn1cc(N)c(-c2ccccc2C(F)(F)F)n1. The highest BCUT2D eigenvalue weighted by Crippen LogP contribution is 2.38. The van der Waals surface area contributed by atoms with E-state index in [4.69, 9.17) is 5.73 Å². The van der Waals surface area contributed by atoms with Crippen LogP contribution in [0.3, 0.4) is 0 Å². The minimum Gasteiger partial charge on any atom is -0.396 e.